The van der Waals surface area contributed by atoms with Gasteiger partial charge in [0.1, 0.15) is 18.0 Å². The zero-order chi connectivity index (χ0) is 20.7. The Morgan fingerprint density at radius 3 is 2.57 bits per heavy atom. The van der Waals surface area contributed by atoms with E-state index in [1.54, 1.807) is 15.8 Å². The topological polar surface area (TPSA) is 89.4 Å². The number of rotatable bonds is 5. The molecule has 28 heavy (non-hydrogen) atoms. The van der Waals surface area contributed by atoms with E-state index < -0.39 is 19.8 Å². The number of fused-ring (bicyclic) bond motifs is 3. The van der Waals surface area contributed by atoms with Gasteiger partial charge in [0.2, 0.25) is 0 Å². The van der Waals surface area contributed by atoms with Crippen LogP contribution >= 0.6 is 0 Å². The molecule has 0 aliphatic carbocycles. The molecule has 1 N–H and O–H groups in total. The number of ether oxygens (including phenoxy) is 2. The van der Waals surface area contributed by atoms with Gasteiger partial charge in [-0.25, -0.2) is 9.48 Å². The summed E-state index contributed by atoms with van der Waals surface area (Å²) in [5.41, 5.74) is 1.28. The minimum absolute atomic E-state index is 0.197. The molecule has 3 heterocycles. The Balaban J connectivity index is 1.77. The summed E-state index contributed by atoms with van der Waals surface area (Å²) in [6.45, 7) is 13.9. The standard InChI is InChI=1S/C19H30N4O4Si/c1-19(2,3)27-18(25)22-10-14-13-9-20-23(12-26-7-8-28(4,5)6)16(13)21-17(24)15(14)11-22/h9H,7-8,10-12H2,1-6H3,(H,21,24). The molecule has 0 atom stereocenters. The van der Waals surface area contributed by atoms with E-state index in [9.17, 15) is 9.59 Å². The molecule has 0 aromatic carbocycles. The van der Waals surface area contributed by atoms with Gasteiger partial charge in [0.05, 0.1) is 19.3 Å². The molecule has 0 fully saturated rings. The van der Waals surface area contributed by atoms with Gasteiger partial charge in [-0.2, -0.15) is 5.10 Å². The summed E-state index contributed by atoms with van der Waals surface area (Å²) in [5, 5.41) is 5.22. The second kappa shape index (κ2) is 7.36. The molecule has 0 bridgehead atoms. The summed E-state index contributed by atoms with van der Waals surface area (Å²) in [5.74, 6) is 0. The molecule has 3 rings (SSSR count). The Morgan fingerprint density at radius 2 is 1.93 bits per heavy atom. The Kier molecular flexibility index (Phi) is 5.41. The number of H-pyrrole nitrogens is 1. The first kappa shape index (κ1) is 20.6. The van der Waals surface area contributed by atoms with E-state index in [-0.39, 0.29) is 12.1 Å². The number of pyridine rings is 1. The van der Waals surface area contributed by atoms with E-state index >= 15 is 0 Å². The molecule has 8 nitrogen and oxygen atoms in total. The van der Waals surface area contributed by atoms with Crippen LogP contribution in [-0.2, 0) is 29.3 Å². The number of carbonyl (C=O) groups is 1. The first-order valence-corrected chi connectivity index (χ1v) is 13.3. The molecule has 0 radical (unpaired) electrons. The second-order valence-electron chi connectivity index (χ2n) is 9.50. The van der Waals surface area contributed by atoms with Gasteiger partial charge in [-0.1, -0.05) is 19.6 Å². The molecular formula is C19H30N4O4Si. The van der Waals surface area contributed by atoms with Gasteiger partial charge in [0, 0.05) is 25.6 Å². The highest BCUT2D eigenvalue weighted by Crippen LogP contribution is 2.28. The molecule has 0 unspecified atom stereocenters. The molecule has 1 aliphatic heterocycles. The Hall–Kier alpha value is -2.13. The van der Waals surface area contributed by atoms with E-state index in [0.717, 1.165) is 17.0 Å². The van der Waals surface area contributed by atoms with Crippen LogP contribution in [0.25, 0.3) is 11.0 Å². The SMILES string of the molecule is CC(C)(C)OC(=O)N1Cc2c(c3cnn(COCC[Si](C)(C)C)c3[nH]c2=O)C1. The van der Waals surface area contributed by atoms with Crippen molar-refractivity contribution in [3.8, 4) is 0 Å². The maximum Gasteiger partial charge on any atom is 0.410 e. The van der Waals surface area contributed by atoms with Crippen LogP contribution in [0.4, 0.5) is 4.79 Å². The van der Waals surface area contributed by atoms with Gasteiger partial charge in [0.25, 0.3) is 5.56 Å². The van der Waals surface area contributed by atoms with Gasteiger partial charge in [-0.05, 0) is 32.4 Å². The van der Waals surface area contributed by atoms with Crippen LogP contribution in [0.2, 0.25) is 25.7 Å². The number of aromatic nitrogens is 3. The smallest absolute Gasteiger partial charge is 0.410 e. The van der Waals surface area contributed by atoms with Gasteiger partial charge in [-0.3, -0.25) is 9.69 Å². The van der Waals surface area contributed by atoms with Gasteiger partial charge in [-0.15, -0.1) is 0 Å². The lowest BCUT2D eigenvalue weighted by Gasteiger charge is -2.24. The maximum absolute atomic E-state index is 12.6. The average molecular weight is 407 g/mol. The zero-order valence-corrected chi connectivity index (χ0v) is 18.6. The lowest BCUT2D eigenvalue weighted by atomic mass is 10.1. The summed E-state index contributed by atoms with van der Waals surface area (Å²) in [7, 11) is -1.15. The molecule has 2 aromatic heterocycles. The molecule has 154 valence electrons. The van der Waals surface area contributed by atoms with E-state index in [1.807, 2.05) is 20.8 Å². The van der Waals surface area contributed by atoms with Crippen molar-refractivity contribution in [2.24, 2.45) is 0 Å². The lowest BCUT2D eigenvalue weighted by Crippen LogP contribution is -2.33. The number of aromatic amines is 1. The minimum Gasteiger partial charge on any atom is -0.444 e. The van der Waals surface area contributed by atoms with Gasteiger partial charge in [0.15, 0.2) is 0 Å². The molecular weight excluding hydrogens is 376 g/mol. The number of carbonyl (C=O) groups excluding carboxylic acids is 1. The third-order valence-corrected chi connectivity index (χ3v) is 6.30. The van der Waals surface area contributed by atoms with Crippen LogP contribution in [0, 0.1) is 0 Å². The first-order valence-electron chi connectivity index (χ1n) is 9.60. The average Bonchev–Trinajstić information content (AvgIpc) is 3.13. The molecule has 0 saturated heterocycles. The van der Waals surface area contributed by atoms with Crippen molar-refractivity contribution < 1.29 is 14.3 Å². The van der Waals surface area contributed by atoms with E-state index in [1.165, 1.54) is 0 Å². The molecule has 0 spiro atoms. The third-order valence-electron chi connectivity index (χ3n) is 4.59. The summed E-state index contributed by atoms with van der Waals surface area (Å²) in [6, 6.07) is 1.07. The fraction of sp³-hybridized carbons (Fsp3) is 0.632. The fourth-order valence-electron chi connectivity index (χ4n) is 3.09. The molecule has 1 aliphatic rings. The molecule has 1 amide bonds. The third kappa shape index (κ3) is 4.64. The number of nitrogens with zero attached hydrogens (tertiary/aromatic N) is 3. The highest BCUT2D eigenvalue weighted by molar-refractivity contribution is 6.76. The summed E-state index contributed by atoms with van der Waals surface area (Å²) in [4.78, 5) is 29.4. The first-order chi connectivity index (χ1) is 12.9. The second-order valence-corrected chi connectivity index (χ2v) is 15.1. The zero-order valence-electron chi connectivity index (χ0n) is 17.6. The van der Waals surface area contributed by atoms with Crippen molar-refractivity contribution in [3.05, 3.63) is 27.7 Å². The van der Waals surface area contributed by atoms with Crippen LogP contribution < -0.4 is 5.56 Å². The number of nitrogens with one attached hydrogen (secondary N) is 1. The maximum atomic E-state index is 12.6. The Labute approximate surface area is 165 Å². The molecule has 9 heteroatoms. The summed E-state index contributed by atoms with van der Waals surface area (Å²) in [6.07, 6.45) is 1.31. The highest BCUT2D eigenvalue weighted by Gasteiger charge is 2.31. The van der Waals surface area contributed by atoms with Gasteiger partial charge < -0.3 is 14.5 Å². The van der Waals surface area contributed by atoms with E-state index in [4.69, 9.17) is 9.47 Å². The van der Waals surface area contributed by atoms with Crippen LogP contribution in [0.3, 0.4) is 0 Å². The predicted molar refractivity (Wildman–Crippen MR) is 110 cm³/mol. The predicted octanol–water partition coefficient (Wildman–Crippen LogP) is 3.29. The van der Waals surface area contributed by atoms with Crippen LogP contribution in [-0.4, -0.2) is 46.0 Å². The van der Waals surface area contributed by atoms with Crippen molar-refractivity contribution in [2.75, 3.05) is 6.61 Å². The van der Waals surface area contributed by atoms with Crippen LogP contribution in [0.5, 0.6) is 0 Å². The van der Waals surface area contributed by atoms with Gasteiger partial charge >= 0.3 is 6.09 Å². The van der Waals surface area contributed by atoms with Crippen molar-refractivity contribution in [1.82, 2.24) is 19.7 Å². The van der Waals surface area contributed by atoms with Crippen molar-refractivity contribution >= 4 is 25.2 Å². The normalized spacial score (nSPS) is 14.6. The lowest BCUT2D eigenvalue weighted by molar-refractivity contribution is 0.0242. The number of hydrogen-bond acceptors (Lipinski definition) is 5. The van der Waals surface area contributed by atoms with Crippen molar-refractivity contribution in [2.45, 2.75) is 71.9 Å². The van der Waals surface area contributed by atoms with E-state index in [2.05, 4.69) is 29.7 Å². The Morgan fingerprint density at radius 1 is 1.25 bits per heavy atom. The summed E-state index contributed by atoms with van der Waals surface area (Å²) >= 11 is 0. The monoisotopic (exact) mass is 406 g/mol. The van der Waals surface area contributed by atoms with Crippen molar-refractivity contribution in [1.29, 1.82) is 0 Å². The molecule has 0 saturated carbocycles. The fourth-order valence-corrected chi connectivity index (χ4v) is 3.85. The molecule has 2 aromatic rings. The summed E-state index contributed by atoms with van der Waals surface area (Å²) < 4.78 is 12.9. The largest absolute Gasteiger partial charge is 0.444 e. The van der Waals surface area contributed by atoms with Crippen LogP contribution in [0.1, 0.15) is 31.9 Å². The Bertz CT molecular complexity index is 936. The quantitative estimate of drug-likeness (QED) is 0.608. The highest BCUT2D eigenvalue weighted by atomic mass is 28.3. The van der Waals surface area contributed by atoms with Crippen molar-refractivity contribution in [3.63, 3.8) is 0 Å². The number of hydrogen-bond donors (Lipinski definition) is 1. The number of amides is 1. The van der Waals surface area contributed by atoms with E-state index in [0.29, 0.717) is 31.1 Å². The van der Waals surface area contributed by atoms with Crippen LogP contribution in [0.15, 0.2) is 11.0 Å². The minimum atomic E-state index is -1.15.